The summed E-state index contributed by atoms with van der Waals surface area (Å²) in [6, 6.07) is 6.87. The van der Waals surface area contributed by atoms with Gasteiger partial charge in [-0.3, -0.25) is 4.79 Å². The standard InChI is InChI=1S/C19H19Cl2NO3/c1-2-25-19(24)15-10-13(9-12-6-7-14(20)11-16(12)21)18(23)22-8-4-3-5-17(15)22/h6-7,10-11H,2-5,8-9H2,1H3. The molecule has 0 amide bonds. The number of carbonyl (C=O) groups excluding carboxylic acids is 1. The lowest BCUT2D eigenvalue weighted by Crippen LogP contribution is -2.32. The first kappa shape index (κ1) is 18.0. The number of nitrogens with zero attached hydrogens (tertiary/aromatic N) is 1. The second-order valence-electron chi connectivity index (χ2n) is 6.08. The van der Waals surface area contributed by atoms with Crippen LogP contribution in [0.5, 0.6) is 0 Å². The summed E-state index contributed by atoms with van der Waals surface area (Å²) in [6.07, 6.45) is 2.96. The monoisotopic (exact) mass is 379 g/mol. The van der Waals surface area contributed by atoms with E-state index in [1.807, 2.05) is 0 Å². The highest BCUT2D eigenvalue weighted by molar-refractivity contribution is 6.35. The first-order valence-electron chi connectivity index (χ1n) is 8.38. The van der Waals surface area contributed by atoms with E-state index in [0.717, 1.165) is 24.1 Å². The number of ether oxygens (including phenoxy) is 1. The van der Waals surface area contributed by atoms with Crippen molar-refractivity contribution in [2.45, 2.75) is 39.2 Å². The van der Waals surface area contributed by atoms with Crippen LogP contribution in [0.4, 0.5) is 0 Å². The zero-order valence-electron chi connectivity index (χ0n) is 14.0. The normalized spacial score (nSPS) is 13.4. The zero-order chi connectivity index (χ0) is 18.0. The molecule has 4 nitrogen and oxygen atoms in total. The van der Waals surface area contributed by atoms with Crippen LogP contribution in [-0.2, 0) is 24.1 Å². The molecule has 0 atom stereocenters. The number of halogens is 2. The fourth-order valence-corrected chi connectivity index (χ4v) is 3.69. The van der Waals surface area contributed by atoms with Crippen LogP contribution < -0.4 is 5.56 Å². The fourth-order valence-electron chi connectivity index (χ4n) is 3.21. The van der Waals surface area contributed by atoms with E-state index in [0.29, 0.717) is 47.2 Å². The van der Waals surface area contributed by atoms with Gasteiger partial charge in [-0.1, -0.05) is 29.3 Å². The number of hydrogen-bond acceptors (Lipinski definition) is 3. The second-order valence-corrected chi connectivity index (χ2v) is 6.92. The number of rotatable bonds is 4. The van der Waals surface area contributed by atoms with Gasteiger partial charge in [0.15, 0.2) is 0 Å². The van der Waals surface area contributed by atoms with Gasteiger partial charge in [0.1, 0.15) is 0 Å². The van der Waals surface area contributed by atoms with E-state index in [9.17, 15) is 9.59 Å². The SMILES string of the molecule is CCOC(=O)c1cc(Cc2ccc(Cl)cc2Cl)c(=O)n2c1CCCC2. The van der Waals surface area contributed by atoms with E-state index in [2.05, 4.69) is 0 Å². The van der Waals surface area contributed by atoms with Crippen molar-refractivity contribution in [2.75, 3.05) is 6.61 Å². The maximum absolute atomic E-state index is 12.9. The third-order valence-corrected chi connectivity index (χ3v) is 5.00. The van der Waals surface area contributed by atoms with Gasteiger partial charge in [0.25, 0.3) is 5.56 Å². The van der Waals surface area contributed by atoms with Crippen LogP contribution in [0.2, 0.25) is 10.0 Å². The minimum atomic E-state index is -0.378. The molecule has 0 aliphatic carbocycles. The quantitative estimate of drug-likeness (QED) is 0.745. The lowest BCUT2D eigenvalue weighted by molar-refractivity contribution is 0.0523. The molecule has 1 aliphatic rings. The van der Waals surface area contributed by atoms with E-state index < -0.39 is 0 Å². The van der Waals surface area contributed by atoms with Crippen LogP contribution in [0.15, 0.2) is 29.1 Å². The molecular formula is C19H19Cl2NO3. The minimum absolute atomic E-state index is 0.0613. The molecule has 25 heavy (non-hydrogen) atoms. The molecule has 1 aromatic heterocycles. The number of pyridine rings is 1. The Morgan fingerprint density at radius 2 is 2.00 bits per heavy atom. The Morgan fingerprint density at radius 3 is 2.72 bits per heavy atom. The summed E-state index contributed by atoms with van der Waals surface area (Å²) in [5, 5.41) is 1.05. The van der Waals surface area contributed by atoms with Gasteiger partial charge in [-0.25, -0.2) is 4.79 Å². The van der Waals surface area contributed by atoms with Gasteiger partial charge < -0.3 is 9.30 Å². The molecule has 1 aromatic carbocycles. The largest absolute Gasteiger partial charge is 0.462 e. The van der Waals surface area contributed by atoms with Crippen LogP contribution >= 0.6 is 23.2 Å². The van der Waals surface area contributed by atoms with E-state index >= 15 is 0 Å². The smallest absolute Gasteiger partial charge is 0.339 e. The Kier molecular flexibility index (Phi) is 5.50. The summed E-state index contributed by atoms with van der Waals surface area (Å²) in [4.78, 5) is 25.2. The predicted octanol–water partition coefficient (Wildman–Crippen LogP) is 4.26. The molecule has 0 unspecified atom stereocenters. The van der Waals surface area contributed by atoms with Crippen molar-refractivity contribution < 1.29 is 9.53 Å². The summed E-state index contributed by atoms with van der Waals surface area (Å²) in [5.41, 5.74) is 2.54. The maximum atomic E-state index is 12.9. The highest BCUT2D eigenvalue weighted by Gasteiger charge is 2.22. The Balaban J connectivity index is 2.08. The van der Waals surface area contributed by atoms with Gasteiger partial charge >= 0.3 is 5.97 Å². The van der Waals surface area contributed by atoms with E-state index in [-0.39, 0.29) is 11.5 Å². The molecule has 0 fully saturated rings. The van der Waals surface area contributed by atoms with Crippen LogP contribution in [-0.4, -0.2) is 17.1 Å². The molecule has 6 heteroatoms. The van der Waals surface area contributed by atoms with Crippen molar-refractivity contribution in [3.05, 3.63) is 67.0 Å². The van der Waals surface area contributed by atoms with Crippen molar-refractivity contribution in [1.29, 1.82) is 0 Å². The Labute approximate surface area is 156 Å². The van der Waals surface area contributed by atoms with Crippen LogP contribution in [0.1, 0.15) is 46.9 Å². The van der Waals surface area contributed by atoms with Gasteiger partial charge in [-0.05, 0) is 49.9 Å². The molecule has 0 bridgehead atoms. The van der Waals surface area contributed by atoms with Gasteiger partial charge in [-0.15, -0.1) is 0 Å². The first-order valence-corrected chi connectivity index (χ1v) is 9.13. The van der Waals surface area contributed by atoms with E-state index in [1.54, 1.807) is 35.8 Å². The number of aromatic nitrogens is 1. The van der Waals surface area contributed by atoms with Crippen molar-refractivity contribution >= 4 is 29.2 Å². The predicted molar refractivity (Wildman–Crippen MR) is 98.9 cm³/mol. The van der Waals surface area contributed by atoms with Crippen LogP contribution in [0.25, 0.3) is 0 Å². The number of fused-ring (bicyclic) bond motifs is 1. The lowest BCUT2D eigenvalue weighted by atomic mass is 9.98. The molecule has 0 radical (unpaired) electrons. The fraction of sp³-hybridized carbons (Fsp3) is 0.368. The summed E-state index contributed by atoms with van der Waals surface area (Å²) in [7, 11) is 0. The van der Waals surface area contributed by atoms with E-state index in [1.165, 1.54) is 0 Å². The molecule has 0 N–H and O–H groups in total. The van der Waals surface area contributed by atoms with Gasteiger partial charge in [-0.2, -0.15) is 0 Å². The molecule has 2 heterocycles. The van der Waals surface area contributed by atoms with Crippen molar-refractivity contribution in [3.8, 4) is 0 Å². The molecule has 1 aliphatic heterocycles. The van der Waals surface area contributed by atoms with Gasteiger partial charge in [0, 0.05) is 34.3 Å². The second kappa shape index (κ2) is 7.63. The molecular weight excluding hydrogens is 361 g/mol. The van der Waals surface area contributed by atoms with Crippen LogP contribution in [0.3, 0.4) is 0 Å². The van der Waals surface area contributed by atoms with Gasteiger partial charge in [0.2, 0.25) is 0 Å². The van der Waals surface area contributed by atoms with Crippen LogP contribution in [0, 0.1) is 0 Å². The number of esters is 1. The number of benzene rings is 1. The summed E-state index contributed by atoms with van der Waals surface area (Å²) < 4.78 is 6.90. The zero-order valence-corrected chi connectivity index (χ0v) is 15.5. The molecule has 3 rings (SSSR count). The Hall–Kier alpha value is -1.78. The molecule has 2 aromatic rings. The van der Waals surface area contributed by atoms with Gasteiger partial charge in [0.05, 0.1) is 12.2 Å². The topological polar surface area (TPSA) is 48.3 Å². The lowest BCUT2D eigenvalue weighted by Gasteiger charge is -2.22. The van der Waals surface area contributed by atoms with E-state index in [4.69, 9.17) is 27.9 Å². The highest BCUT2D eigenvalue weighted by atomic mass is 35.5. The third kappa shape index (κ3) is 3.75. The summed E-state index contributed by atoms with van der Waals surface area (Å²) >= 11 is 12.2. The Bertz CT molecular complexity index is 874. The minimum Gasteiger partial charge on any atom is -0.462 e. The highest BCUT2D eigenvalue weighted by Crippen LogP contribution is 2.24. The summed E-state index contributed by atoms with van der Waals surface area (Å²) in [5.74, 6) is -0.378. The number of hydrogen-bond donors (Lipinski definition) is 0. The average molecular weight is 380 g/mol. The first-order chi connectivity index (χ1) is 12.0. The number of carbonyl (C=O) groups is 1. The average Bonchev–Trinajstić information content (AvgIpc) is 2.59. The van der Waals surface area contributed by atoms with Crippen molar-refractivity contribution in [3.63, 3.8) is 0 Å². The Morgan fingerprint density at radius 1 is 1.20 bits per heavy atom. The third-order valence-electron chi connectivity index (χ3n) is 4.41. The van der Waals surface area contributed by atoms with Crippen molar-refractivity contribution in [1.82, 2.24) is 4.57 Å². The summed E-state index contributed by atoms with van der Waals surface area (Å²) in [6.45, 7) is 2.70. The molecule has 0 saturated heterocycles. The molecule has 132 valence electrons. The molecule has 0 saturated carbocycles. The maximum Gasteiger partial charge on any atom is 0.339 e. The molecule has 0 spiro atoms. The van der Waals surface area contributed by atoms with Crippen molar-refractivity contribution in [2.24, 2.45) is 0 Å².